The van der Waals surface area contributed by atoms with Gasteiger partial charge in [0.25, 0.3) is 5.91 Å². The van der Waals surface area contributed by atoms with Crippen LogP contribution in [-0.4, -0.2) is 11.0 Å². The van der Waals surface area contributed by atoms with Crippen molar-refractivity contribution in [1.29, 1.82) is 5.26 Å². The van der Waals surface area contributed by atoms with E-state index in [4.69, 9.17) is 16.9 Å². The number of carbonyl (C=O) groups is 1. The Morgan fingerprint density at radius 2 is 2.09 bits per heavy atom. The lowest BCUT2D eigenvalue weighted by atomic mass is 10.1. The molecule has 2 aromatic rings. The molecule has 0 aliphatic heterocycles. The fraction of sp³-hybridized carbons (Fsp3) is 0. The maximum atomic E-state index is 13.1. The van der Waals surface area contributed by atoms with Crippen LogP contribution in [-0.2, 0) is 4.79 Å². The van der Waals surface area contributed by atoms with E-state index in [-0.39, 0.29) is 22.0 Å². The largest absolute Gasteiger partial charge is 0.507 e. The molecule has 0 unspecified atom stereocenters. The Labute approximate surface area is 144 Å². The van der Waals surface area contributed by atoms with E-state index in [1.165, 1.54) is 24.3 Å². The van der Waals surface area contributed by atoms with Crippen molar-refractivity contribution in [2.75, 3.05) is 5.32 Å². The summed E-state index contributed by atoms with van der Waals surface area (Å²) < 4.78 is 13.8. The fourth-order valence-electron chi connectivity index (χ4n) is 1.72. The lowest BCUT2D eigenvalue weighted by Gasteiger charge is -2.06. The van der Waals surface area contributed by atoms with Gasteiger partial charge in [-0.05, 0) is 42.5 Å². The predicted molar refractivity (Wildman–Crippen MR) is 89.4 cm³/mol. The number of benzene rings is 2. The highest BCUT2D eigenvalue weighted by molar-refractivity contribution is 9.10. The Balaban J connectivity index is 2.28. The summed E-state index contributed by atoms with van der Waals surface area (Å²) in [6.07, 6.45) is 1.25. The van der Waals surface area contributed by atoms with Crippen molar-refractivity contribution in [3.8, 4) is 11.8 Å². The van der Waals surface area contributed by atoms with E-state index in [1.54, 1.807) is 18.2 Å². The van der Waals surface area contributed by atoms with Crippen LogP contribution in [0.3, 0.4) is 0 Å². The standard InChI is InChI=1S/C16H9BrClFN2O2/c17-11-1-4-15(22)9(6-11)5-10(8-20)16(23)21-12-2-3-14(19)13(18)7-12/h1-7,22H,(H,21,23). The van der Waals surface area contributed by atoms with E-state index >= 15 is 0 Å². The van der Waals surface area contributed by atoms with E-state index in [9.17, 15) is 14.3 Å². The lowest BCUT2D eigenvalue weighted by Crippen LogP contribution is -2.13. The van der Waals surface area contributed by atoms with Crippen molar-refractivity contribution in [2.24, 2.45) is 0 Å². The van der Waals surface area contributed by atoms with Gasteiger partial charge in [0.2, 0.25) is 0 Å². The normalized spacial score (nSPS) is 11.0. The van der Waals surface area contributed by atoms with Crippen molar-refractivity contribution in [2.45, 2.75) is 0 Å². The molecular formula is C16H9BrClFN2O2. The minimum absolute atomic E-state index is 0.0708. The lowest BCUT2D eigenvalue weighted by molar-refractivity contribution is -0.112. The van der Waals surface area contributed by atoms with Crippen LogP contribution >= 0.6 is 27.5 Å². The highest BCUT2D eigenvalue weighted by Crippen LogP contribution is 2.25. The van der Waals surface area contributed by atoms with E-state index in [0.717, 1.165) is 6.07 Å². The quantitative estimate of drug-likeness (QED) is 0.594. The Kier molecular flexibility index (Phi) is 5.37. The maximum Gasteiger partial charge on any atom is 0.266 e. The van der Waals surface area contributed by atoms with Gasteiger partial charge in [-0.2, -0.15) is 5.26 Å². The summed E-state index contributed by atoms with van der Waals surface area (Å²) in [5.74, 6) is -1.38. The number of anilines is 1. The van der Waals surface area contributed by atoms with Crippen molar-refractivity contribution in [1.82, 2.24) is 0 Å². The van der Waals surface area contributed by atoms with Crippen LogP contribution in [0.15, 0.2) is 46.4 Å². The smallest absolute Gasteiger partial charge is 0.266 e. The number of phenols is 1. The molecule has 7 heteroatoms. The van der Waals surface area contributed by atoms with Crippen LogP contribution in [0.1, 0.15) is 5.56 Å². The summed E-state index contributed by atoms with van der Waals surface area (Å²) in [7, 11) is 0. The summed E-state index contributed by atoms with van der Waals surface area (Å²) >= 11 is 8.87. The molecule has 0 aliphatic carbocycles. The average molecular weight is 396 g/mol. The maximum absolute atomic E-state index is 13.1. The van der Waals surface area contributed by atoms with Gasteiger partial charge < -0.3 is 10.4 Å². The van der Waals surface area contributed by atoms with E-state index in [1.807, 2.05) is 0 Å². The molecular weight excluding hydrogens is 387 g/mol. The van der Waals surface area contributed by atoms with Crippen LogP contribution in [0.2, 0.25) is 5.02 Å². The van der Waals surface area contributed by atoms with Crippen molar-refractivity contribution < 1.29 is 14.3 Å². The van der Waals surface area contributed by atoms with E-state index in [2.05, 4.69) is 21.2 Å². The molecule has 2 aromatic carbocycles. The monoisotopic (exact) mass is 394 g/mol. The highest BCUT2D eigenvalue weighted by Gasteiger charge is 2.12. The first-order valence-corrected chi connectivity index (χ1v) is 7.44. The molecule has 1 amide bonds. The Morgan fingerprint density at radius 1 is 1.35 bits per heavy atom. The molecule has 0 heterocycles. The zero-order chi connectivity index (χ0) is 17.0. The van der Waals surface area contributed by atoms with E-state index in [0.29, 0.717) is 10.0 Å². The van der Waals surface area contributed by atoms with Crippen LogP contribution in [0.25, 0.3) is 6.08 Å². The molecule has 2 N–H and O–H groups in total. The number of hydrogen-bond acceptors (Lipinski definition) is 3. The first-order valence-electron chi connectivity index (χ1n) is 6.27. The van der Waals surface area contributed by atoms with Gasteiger partial charge >= 0.3 is 0 Å². The summed E-state index contributed by atoms with van der Waals surface area (Å²) in [4.78, 5) is 12.1. The second-order valence-electron chi connectivity index (χ2n) is 4.46. The van der Waals surface area contributed by atoms with Gasteiger partial charge in [0.15, 0.2) is 0 Å². The zero-order valence-electron chi connectivity index (χ0n) is 11.5. The first kappa shape index (κ1) is 17.0. The van der Waals surface area contributed by atoms with Gasteiger partial charge in [-0.25, -0.2) is 4.39 Å². The number of phenolic OH excluding ortho intramolecular Hbond substituents is 1. The summed E-state index contributed by atoms with van der Waals surface area (Å²) in [6, 6.07) is 10.0. The van der Waals surface area contributed by atoms with Crippen molar-refractivity contribution in [3.63, 3.8) is 0 Å². The molecule has 116 valence electrons. The average Bonchev–Trinajstić information content (AvgIpc) is 2.51. The molecule has 23 heavy (non-hydrogen) atoms. The number of hydrogen-bond donors (Lipinski definition) is 2. The molecule has 0 spiro atoms. The molecule has 0 aliphatic rings. The molecule has 0 fully saturated rings. The number of rotatable bonds is 3. The van der Waals surface area contributed by atoms with Crippen LogP contribution in [0, 0.1) is 17.1 Å². The molecule has 0 saturated heterocycles. The summed E-state index contributed by atoms with van der Waals surface area (Å²) in [6.45, 7) is 0. The molecule has 0 bridgehead atoms. The van der Waals surface area contributed by atoms with Gasteiger partial charge in [0.1, 0.15) is 23.2 Å². The Bertz CT molecular complexity index is 846. The van der Waals surface area contributed by atoms with E-state index < -0.39 is 11.7 Å². The number of carbonyl (C=O) groups excluding carboxylic acids is 1. The SMILES string of the molecule is N#CC(=Cc1cc(Br)ccc1O)C(=O)Nc1ccc(F)c(Cl)c1. The number of nitrogens with zero attached hydrogens (tertiary/aromatic N) is 1. The molecule has 2 rings (SSSR count). The second kappa shape index (κ2) is 7.27. The topological polar surface area (TPSA) is 73.1 Å². The Hall–Kier alpha value is -2.36. The van der Waals surface area contributed by atoms with Gasteiger partial charge in [0, 0.05) is 15.7 Å². The molecule has 0 radical (unpaired) electrons. The van der Waals surface area contributed by atoms with Crippen molar-refractivity contribution in [3.05, 3.63) is 62.8 Å². The molecule has 4 nitrogen and oxygen atoms in total. The Morgan fingerprint density at radius 3 is 2.74 bits per heavy atom. The van der Waals surface area contributed by atoms with Gasteiger partial charge in [-0.15, -0.1) is 0 Å². The van der Waals surface area contributed by atoms with Gasteiger partial charge in [0.05, 0.1) is 5.02 Å². The third kappa shape index (κ3) is 4.31. The van der Waals surface area contributed by atoms with Gasteiger partial charge in [-0.1, -0.05) is 27.5 Å². The van der Waals surface area contributed by atoms with Crippen molar-refractivity contribution >= 4 is 45.2 Å². The zero-order valence-corrected chi connectivity index (χ0v) is 13.8. The minimum atomic E-state index is -0.699. The third-order valence-corrected chi connectivity index (χ3v) is 3.61. The predicted octanol–water partition coefficient (Wildman–Crippen LogP) is 4.49. The first-order chi connectivity index (χ1) is 10.9. The third-order valence-electron chi connectivity index (χ3n) is 2.83. The molecule has 0 aromatic heterocycles. The number of amides is 1. The van der Waals surface area contributed by atoms with Crippen LogP contribution in [0.5, 0.6) is 5.75 Å². The second-order valence-corrected chi connectivity index (χ2v) is 5.78. The molecule has 0 atom stereocenters. The number of aromatic hydroxyl groups is 1. The number of nitrogens with one attached hydrogen (secondary N) is 1. The van der Waals surface area contributed by atoms with Crippen LogP contribution < -0.4 is 5.32 Å². The summed E-state index contributed by atoms with van der Waals surface area (Å²) in [5, 5.41) is 21.2. The number of nitriles is 1. The molecule has 0 saturated carbocycles. The summed E-state index contributed by atoms with van der Waals surface area (Å²) in [5.41, 5.74) is 0.336. The fourth-order valence-corrected chi connectivity index (χ4v) is 2.28. The number of halogens is 3. The van der Waals surface area contributed by atoms with Gasteiger partial charge in [-0.3, -0.25) is 4.79 Å². The van der Waals surface area contributed by atoms with Crippen LogP contribution in [0.4, 0.5) is 10.1 Å². The highest BCUT2D eigenvalue weighted by atomic mass is 79.9. The minimum Gasteiger partial charge on any atom is -0.507 e.